The molecule has 8 nitrogen and oxygen atoms in total. The van der Waals surface area contributed by atoms with Crippen molar-refractivity contribution in [3.05, 3.63) is 22.6 Å². The first-order valence-electron chi connectivity index (χ1n) is 7.76. The molecule has 32 heavy (non-hydrogen) atoms. The molecule has 0 fully saturated rings. The molecule has 0 bridgehead atoms. The molecule has 1 rings (SSSR count). The van der Waals surface area contributed by atoms with Crippen LogP contribution in [0.15, 0.2) is 18.7 Å². The van der Waals surface area contributed by atoms with Gasteiger partial charge in [-0.3, -0.25) is 25.3 Å². The fourth-order valence-corrected chi connectivity index (χ4v) is 7.43. The second kappa shape index (κ2) is 9.74. The van der Waals surface area contributed by atoms with Crippen LogP contribution in [0.2, 0.25) is 0 Å². The lowest BCUT2D eigenvalue weighted by atomic mass is 10.3. The molecule has 0 N–H and O–H groups in total. The molecule has 0 amide bonds. The van der Waals surface area contributed by atoms with E-state index < -0.39 is 50.0 Å². The molecule has 0 spiro atoms. The Kier molecular flexibility index (Phi) is 9.26. The second-order valence-electron chi connectivity index (χ2n) is 5.77. The molecule has 0 aliphatic carbocycles. The van der Waals surface area contributed by atoms with Crippen LogP contribution in [-0.4, -0.2) is 46.3 Å². The first-order valence-corrected chi connectivity index (χ1v) is 12.2. The summed E-state index contributed by atoms with van der Waals surface area (Å²) in [7, 11) is -22.0. The van der Waals surface area contributed by atoms with Crippen molar-refractivity contribution in [3.8, 4) is 0 Å². The topological polar surface area (TPSA) is 111 Å². The zero-order chi connectivity index (χ0) is 26.0. The molecular formula is C12H15F9N2O6S3. The summed E-state index contributed by atoms with van der Waals surface area (Å²) in [4.78, 5) is 0. The third-order valence-electron chi connectivity index (χ3n) is 3.17. The Morgan fingerprint density at radius 3 is 1.34 bits per heavy atom. The minimum Gasteiger partial charge on any atom is -0.251 e. The number of hydrogen-bond acceptors (Lipinski definition) is 6. The van der Waals surface area contributed by atoms with Gasteiger partial charge in [-0.1, -0.05) is 13.3 Å². The fraction of sp³-hybridized carbons (Fsp3) is 0.667. The number of imidazole rings is 1. The number of aryl methyl sites for hydroxylation is 2. The van der Waals surface area contributed by atoms with E-state index in [1.54, 1.807) is 0 Å². The van der Waals surface area contributed by atoms with Gasteiger partial charge >= 0.3 is 16.5 Å². The molecule has 0 unspecified atom stereocenters. The average Bonchev–Trinajstić information content (AvgIpc) is 2.95. The van der Waals surface area contributed by atoms with E-state index in [2.05, 4.69) is 34.8 Å². The quantitative estimate of drug-likeness (QED) is 0.306. The van der Waals surface area contributed by atoms with E-state index in [0.29, 0.717) is 0 Å². The Morgan fingerprint density at radius 2 is 1.12 bits per heavy atom. The molecule has 0 atom stereocenters. The van der Waals surface area contributed by atoms with Gasteiger partial charge in [-0.25, -0.2) is 9.13 Å². The first kappa shape index (κ1) is 30.4. The summed E-state index contributed by atoms with van der Waals surface area (Å²) in [6.45, 7) is 3.36. The van der Waals surface area contributed by atoms with Crippen LogP contribution in [0.4, 0.5) is 39.5 Å². The van der Waals surface area contributed by atoms with Crippen molar-refractivity contribution in [2.24, 2.45) is 7.05 Å². The van der Waals surface area contributed by atoms with Crippen LogP contribution in [0.3, 0.4) is 0 Å². The van der Waals surface area contributed by atoms with E-state index in [1.807, 2.05) is 7.05 Å². The van der Waals surface area contributed by atoms with Crippen LogP contribution in [0.5, 0.6) is 0 Å². The minimum absolute atomic E-state index is 1.15. The highest BCUT2D eigenvalue weighted by Gasteiger charge is 2.63. The van der Waals surface area contributed by atoms with Crippen LogP contribution < -0.4 is 4.57 Å². The number of alkyl halides is 9. The van der Waals surface area contributed by atoms with E-state index in [-0.39, 0.29) is 0 Å². The highest BCUT2D eigenvalue weighted by Crippen LogP contribution is 2.47. The summed E-state index contributed by atoms with van der Waals surface area (Å²) in [5, 5.41) is 0. The van der Waals surface area contributed by atoms with Crippen LogP contribution in [0, 0.1) is 3.91 Å². The molecule has 190 valence electrons. The predicted molar refractivity (Wildman–Crippen MR) is 88.7 cm³/mol. The van der Waals surface area contributed by atoms with Gasteiger partial charge in [0, 0.05) is 0 Å². The summed E-state index contributed by atoms with van der Waals surface area (Å²) in [6, 6.07) is 0. The molecule has 1 aromatic heterocycles. The lowest BCUT2D eigenvalue weighted by molar-refractivity contribution is -0.671. The van der Waals surface area contributed by atoms with Gasteiger partial charge in [-0.15, -0.1) is 0 Å². The number of hydrogen-bond donors (Lipinski definition) is 0. The smallest absolute Gasteiger partial charge is 0.251 e. The lowest BCUT2D eigenvalue weighted by Gasteiger charge is -2.31. The minimum atomic E-state index is -8.02. The third-order valence-corrected chi connectivity index (χ3v) is 10.3. The molecule has 20 heteroatoms. The van der Waals surface area contributed by atoms with Crippen molar-refractivity contribution in [2.45, 2.75) is 42.8 Å². The lowest BCUT2D eigenvalue weighted by Crippen LogP contribution is -2.47. The summed E-state index contributed by atoms with van der Waals surface area (Å²) in [5.74, 6) is 0. The van der Waals surface area contributed by atoms with Crippen molar-refractivity contribution in [1.82, 2.24) is 4.57 Å². The highest BCUT2D eigenvalue weighted by molar-refractivity contribution is 8.29. The fourth-order valence-electron chi connectivity index (χ4n) is 1.69. The molecule has 0 saturated carbocycles. The number of aromatic nitrogens is 2. The maximum Gasteiger partial charge on any atom is 0.470 e. The van der Waals surface area contributed by atoms with Crippen LogP contribution in [0.25, 0.3) is 0 Å². The van der Waals surface area contributed by atoms with Crippen molar-refractivity contribution in [3.63, 3.8) is 0 Å². The average molecular weight is 550 g/mol. The van der Waals surface area contributed by atoms with Gasteiger partial charge in [-0.2, -0.15) is 39.5 Å². The molecule has 1 heterocycles. The molecule has 0 saturated heterocycles. The molecule has 0 aromatic carbocycles. The number of sulfone groups is 3. The van der Waals surface area contributed by atoms with Crippen LogP contribution >= 0.6 is 0 Å². The number of rotatable bonds is 6. The van der Waals surface area contributed by atoms with Gasteiger partial charge in [-0.05, 0) is 6.42 Å². The maximum atomic E-state index is 12.0. The normalized spacial score (nSPS) is 14.2. The Labute approximate surface area is 176 Å². The highest BCUT2D eigenvalue weighted by atomic mass is 32.3. The van der Waals surface area contributed by atoms with E-state index in [1.165, 1.54) is 12.8 Å². The van der Waals surface area contributed by atoms with Crippen LogP contribution in [-0.2, 0) is 43.1 Å². The maximum absolute atomic E-state index is 12.0. The van der Waals surface area contributed by atoms with Gasteiger partial charge < -0.3 is 0 Å². The van der Waals surface area contributed by atoms with Crippen molar-refractivity contribution < 1.29 is 69.3 Å². The van der Waals surface area contributed by atoms with E-state index >= 15 is 0 Å². The zero-order valence-corrected chi connectivity index (χ0v) is 18.3. The molecule has 0 aliphatic rings. The predicted octanol–water partition coefficient (Wildman–Crippen LogP) is 2.35. The Balaban J connectivity index is 0.000000792. The van der Waals surface area contributed by atoms with E-state index in [9.17, 15) is 64.8 Å². The number of halogens is 9. The number of unbranched alkanes of at least 4 members (excludes halogenated alkanes) is 1. The molecule has 1 aromatic rings. The van der Waals surface area contributed by atoms with Crippen molar-refractivity contribution in [2.75, 3.05) is 0 Å². The molecule has 0 radical (unpaired) electrons. The Bertz CT molecular complexity index is 980. The summed E-state index contributed by atoms with van der Waals surface area (Å²) in [6.07, 6.45) is 8.82. The Morgan fingerprint density at radius 1 is 0.781 bits per heavy atom. The van der Waals surface area contributed by atoms with Crippen molar-refractivity contribution in [1.29, 1.82) is 0 Å². The molecular weight excluding hydrogens is 535 g/mol. The van der Waals surface area contributed by atoms with Crippen molar-refractivity contribution >= 4 is 29.5 Å². The monoisotopic (exact) mass is 550 g/mol. The standard InChI is InChI=1S/C8H15N2.C4F9O6S3/c1-3-4-5-10-7-6-9(2)8-10;5-2(6,7)20(14,15)1(21(16,17)3(8,9)10)22(18,19)4(11,12)13/h6-8H,3-5H2,1-2H3;/q+1;-1. The largest absolute Gasteiger partial charge is 0.470 e. The van der Waals surface area contributed by atoms with Gasteiger partial charge in [0.25, 0.3) is 0 Å². The first-order chi connectivity index (χ1) is 13.9. The van der Waals surface area contributed by atoms with Gasteiger partial charge in [0.1, 0.15) is 12.4 Å². The zero-order valence-electron chi connectivity index (χ0n) is 15.8. The van der Waals surface area contributed by atoms with Gasteiger partial charge in [0.05, 0.1) is 17.5 Å². The third kappa shape index (κ3) is 6.72. The van der Waals surface area contributed by atoms with Gasteiger partial charge in [0.15, 0.2) is 29.5 Å². The van der Waals surface area contributed by atoms with Gasteiger partial charge in [0.2, 0.25) is 6.33 Å². The van der Waals surface area contributed by atoms with E-state index in [0.717, 1.165) is 6.54 Å². The Hall–Kier alpha value is -1.57. The summed E-state index contributed by atoms with van der Waals surface area (Å²) < 4.78 is 172. The molecule has 0 aliphatic heterocycles. The van der Waals surface area contributed by atoms with Crippen LogP contribution in [0.1, 0.15) is 19.8 Å². The number of nitrogens with zero attached hydrogens (tertiary/aromatic N) is 2. The summed E-state index contributed by atoms with van der Waals surface area (Å²) >= 11 is 0. The van der Waals surface area contributed by atoms with E-state index in [4.69, 9.17) is 0 Å². The SMILES string of the molecule is CCCCn1cc[n+](C)c1.O=S(=O)([C-](S(=O)(=O)C(F)(F)F)S(=O)(=O)C(F)(F)F)C(F)(F)F. The second-order valence-corrected chi connectivity index (χ2v) is 12.2. The summed E-state index contributed by atoms with van der Waals surface area (Å²) in [5.41, 5.74) is -21.2.